The molecule has 0 aliphatic carbocycles. The van der Waals surface area contributed by atoms with Gasteiger partial charge >= 0.3 is 0 Å². The highest BCUT2D eigenvalue weighted by molar-refractivity contribution is 5.76. The highest BCUT2D eigenvalue weighted by atomic mass is 16.3. The van der Waals surface area contributed by atoms with Gasteiger partial charge in [0.2, 0.25) is 0 Å². The molecule has 0 amide bonds. The summed E-state index contributed by atoms with van der Waals surface area (Å²) in [5.41, 5.74) is 0.469. The molecule has 4 heteroatoms. The summed E-state index contributed by atoms with van der Waals surface area (Å²) in [6, 6.07) is 4.85. The molecule has 1 aromatic carbocycles. The van der Waals surface area contributed by atoms with Crippen molar-refractivity contribution in [2.75, 3.05) is 0 Å². The number of nitrogens with zero attached hydrogens (tertiary/aromatic N) is 1. The Hall–Kier alpha value is -1.55. The Kier molecular flexibility index (Phi) is 1.75. The first-order valence-corrected chi connectivity index (χ1v) is 4.38. The maximum Gasteiger partial charge on any atom is 0.138 e. The van der Waals surface area contributed by atoms with E-state index in [1.54, 1.807) is 32.0 Å². The van der Waals surface area contributed by atoms with E-state index in [2.05, 4.69) is 9.97 Å². The van der Waals surface area contributed by atoms with Crippen molar-refractivity contribution < 1.29 is 10.2 Å². The van der Waals surface area contributed by atoms with Crippen LogP contribution in [0, 0.1) is 0 Å². The summed E-state index contributed by atoms with van der Waals surface area (Å²) in [7, 11) is 0. The van der Waals surface area contributed by atoms with E-state index in [4.69, 9.17) is 0 Å². The zero-order valence-corrected chi connectivity index (χ0v) is 8.07. The van der Waals surface area contributed by atoms with Crippen LogP contribution in [-0.2, 0) is 5.60 Å². The Labute approximate surface area is 81.2 Å². The van der Waals surface area contributed by atoms with Crippen LogP contribution in [-0.4, -0.2) is 20.2 Å². The van der Waals surface area contributed by atoms with Gasteiger partial charge in [-0.3, -0.25) is 0 Å². The SMILES string of the molecule is CC(C)(O)c1nc2ccc(O)cc2[nH]1. The number of aromatic hydroxyl groups is 1. The number of rotatable bonds is 1. The minimum Gasteiger partial charge on any atom is -0.508 e. The summed E-state index contributed by atoms with van der Waals surface area (Å²) in [5, 5.41) is 18.9. The van der Waals surface area contributed by atoms with Crippen LogP contribution in [0.3, 0.4) is 0 Å². The molecule has 0 fully saturated rings. The first-order chi connectivity index (χ1) is 6.47. The van der Waals surface area contributed by atoms with Crippen molar-refractivity contribution in [1.29, 1.82) is 0 Å². The van der Waals surface area contributed by atoms with Gasteiger partial charge < -0.3 is 15.2 Å². The molecular weight excluding hydrogens is 180 g/mol. The van der Waals surface area contributed by atoms with E-state index in [1.807, 2.05) is 0 Å². The lowest BCUT2D eigenvalue weighted by Crippen LogP contribution is -2.17. The molecule has 14 heavy (non-hydrogen) atoms. The predicted molar refractivity (Wildman–Crippen MR) is 53.0 cm³/mol. The van der Waals surface area contributed by atoms with Gasteiger partial charge in [0.15, 0.2) is 0 Å². The lowest BCUT2D eigenvalue weighted by molar-refractivity contribution is 0.0700. The van der Waals surface area contributed by atoms with Gasteiger partial charge in [0, 0.05) is 6.07 Å². The number of hydrogen-bond donors (Lipinski definition) is 3. The fourth-order valence-corrected chi connectivity index (χ4v) is 1.29. The van der Waals surface area contributed by atoms with Crippen molar-refractivity contribution in [2.45, 2.75) is 19.4 Å². The third kappa shape index (κ3) is 1.44. The molecule has 0 radical (unpaired) electrons. The van der Waals surface area contributed by atoms with Crippen molar-refractivity contribution in [1.82, 2.24) is 9.97 Å². The molecule has 2 aromatic rings. The van der Waals surface area contributed by atoms with E-state index in [0.29, 0.717) is 5.82 Å². The average molecular weight is 192 g/mol. The number of aromatic amines is 1. The van der Waals surface area contributed by atoms with Gasteiger partial charge in [-0.1, -0.05) is 0 Å². The molecular formula is C10H12N2O2. The highest BCUT2D eigenvalue weighted by Crippen LogP contribution is 2.22. The standard InChI is InChI=1S/C10H12N2O2/c1-10(2,14)9-11-7-4-3-6(13)5-8(7)12-9/h3-5,13-14H,1-2H3,(H,11,12). The molecule has 0 saturated heterocycles. The van der Waals surface area contributed by atoms with Gasteiger partial charge in [-0.15, -0.1) is 0 Å². The number of hydrogen-bond acceptors (Lipinski definition) is 3. The second-order valence-corrected chi connectivity index (χ2v) is 3.85. The number of nitrogens with one attached hydrogen (secondary N) is 1. The molecule has 2 rings (SSSR count). The maximum absolute atomic E-state index is 9.70. The zero-order valence-electron chi connectivity index (χ0n) is 8.07. The summed E-state index contributed by atoms with van der Waals surface area (Å²) < 4.78 is 0. The van der Waals surface area contributed by atoms with E-state index in [9.17, 15) is 10.2 Å². The summed E-state index contributed by atoms with van der Waals surface area (Å²) >= 11 is 0. The molecule has 0 saturated carbocycles. The number of imidazole rings is 1. The fourth-order valence-electron chi connectivity index (χ4n) is 1.29. The Morgan fingerprint density at radius 1 is 1.36 bits per heavy atom. The summed E-state index contributed by atoms with van der Waals surface area (Å²) in [6.07, 6.45) is 0. The second-order valence-electron chi connectivity index (χ2n) is 3.85. The minimum atomic E-state index is -0.991. The van der Waals surface area contributed by atoms with Crippen molar-refractivity contribution in [3.63, 3.8) is 0 Å². The molecule has 1 heterocycles. The van der Waals surface area contributed by atoms with Crippen molar-refractivity contribution in [2.24, 2.45) is 0 Å². The Bertz CT molecular complexity index is 468. The smallest absolute Gasteiger partial charge is 0.138 e. The Morgan fingerprint density at radius 3 is 2.71 bits per heavy atom. The molecule has 3 N–H and O–H groups in total. The highest BCUT2D eigenvalue weighted by Gasteiger charge is 2.20. The number of aromatic nitrogens is 2. The van der Waals surface area contributed by atoms with E-state index >= 15 is 0 Å². The zero-order chi connectivity index (χ0) is 10.3. The first-order valence-electron chi connectivity index (χ1n) is 4.38. The molecule has 0 aliphatic heterocycles. The molecule has 0 spiro atoms. The van der Waals surface area contributed by atoms with Crippen LogP contribution in [0.1, 0.15) is 19.7 Å². The number of phenols is 1. The Morgan fingerprint density at radius 2 is 2.07 bits per heavy atom. The van der Waals surface area contributed by atoms with E-state index < -0.39 is 5.60 Å². The predicted octanol–water partition coefficient (Wildman–Crippen LogP) is 1.50. The number of benzene rings is 1. The topological polar surface area (TPSA) is 69.1 Å². The van der Waals surface area contributed by atoms with Crippen LogP contribution in [0.4, 0.5) is 0 Å². The van der Waals surface area contributed by atoms with Crippen LogP contribution >= 0.6 is 0 Å². The largest absolute Gasteiger partial charge is 0.508 e. The summed E-state index contributed by atoms with van der Waals surface area (Å²) in [6.45, 7) is 3.31. The second kappa shape index (κ2) is 2.72. The van der Waals surface area contributed by atoms with Crippen LogP contribution in [0.2, 0.25) is 0 Å². The molecule has 74 valence electrons. The van der Waals surface area contributed by atoms with Gasteiger partial charge in [-0.05, 0) is 26.0 Å². The maximum atomic E-state index is 9.70. The number of H-pyrrole nitrogens is 1. The van der Waals surface area contributed by atoms with Crippen molar-refractivity contribution in [3.05, 3.63) is 24.0 Å². The van der Waals surface area contributed by atoms with Crippen LogP contribution in [0.25, 0.3) is 11.0 Å². The third-order valence-corrected chi connectivity index (χ3v) is 2.04. The molecule has 0 aliphatic rings. The van der Waals surface area contributed by atoms with E-state index in [0.717, 1.165) is 11.0 Å². The van der Waals surface area contributed by atoms with Crippen LogP contribution in [0.15, 0.2) is 18.2 Å². The normalized spacial score (nSPS) is 12.2. The fraction of sp³-hybridized carbons (Fsp3) is 0.300. The van der Waals surface area contributed by atoms with Crippen molar-refractivity contribution >= 4 is 11.0 Å². The molecule has 4 nitrogen and oxygen atoms in total. The summed E-state index contributed by atoms with van der Waals surface area (Å²) in [4.78, 5) is 7.16. The molecule has 0 atom stereocenters. The first kappa shape index (κ1) is 9.02. The number of phenolic OH excluding ortho intramolecular Hbond substituents is 1. The van der Waals surface area contributed by atoms with Crippen LogP contribution in [0.5, 0.6) is 5.75 Å². The van der Waals surface area contributed by atoms with Gasteiger partial charge in [-0.25, -0.2) is 4.98 Å². The van der Waals surface area contributed by atoms with Gasteiger partial charge in [-0.2, -0.15) is 0 Å². The molecule has 0 unspecified atom stereocenters. The van der Waals surface area contributed by atoms with Gasteiger partial charge in [0.05, 0.1) is 11.0 Å². The van der Waals surface area contributed by atoms with E-state index in [-0.39, 0.29) is 5.75 Å². The van der Waals surface area contributed by atoms with Crippen LogP contribution < -0.4 is 0 Å². The average Bonchev–Trinajstić information content (AvgIpc) is 2.45. The van der Waals surface area contributed by atoms with Crippen molar-refractivity contribution in [3.8, 4) is 5.75 Å². The lowest BCUT2D eigenvalue weighted by Gasteiger charge is -2.12. The van der Waals surface area contributed by atoms with E-state index in [1.165, 1.54) is 0 Å². The monoisotopic (exact) mass is 192 g/mol. The Balaban J connectivity index is 2.63. The minimum absolute atomic E-state index is 0.184. The third-order valence-electron chi connectivity index (χ3n) is 2.04. The van der Waals surface area contributed by atoms with Gasteiger partial charge in [0.1, 0.15) is 17.2 Å². The number of aliphatic hydroxyl groups is 1. The lowest BCUT2D eigenvalue weighted by atomic mass is 10.1. The quantitative estimate of drug-likeness (QED) is 0.641. The van der Waals surface area contributed by atoms with Gasteiger partial charge in [0.25, 0.3) is 0 Å². The number of fused-ring (bicyclic) bond motifs is 1. The molecule has 1 aromatic heterocycles. The summed E-state index contributed by atoms with van der Waals surface area (Å²) in [5.74, 6) is 0.682. The molecule has 0 bridgehead atoms.